The van der Waals surface area contributed by atoms with E-state index in [9.17, 15) is 0 Å². The van der Waals surface area contributed by atoms with E-state index in [1.54, 1.807) is 0 Å². The molecule has 11 rings (SSSR count). The maximum Gasteiger partial charge on any atom is 0.145 e. The number of para-hydroxylation sites is 1. The van der Waals surface area contributed by atoms with E-state index in [2.05, 4.69) is 164 Å². The number of hydrogen-bond acceptors (Lipinski definition) is 4. The van der Waals surface area contributed by atoms with Crippen LogP contribution in [-0.2, 0) is 0 Å². The fourth-order valence-corrected chi connectivity index (χ4v) is 9.98. The molecule has 0 amide bonds. The highest BCUT2D eigenvalue weighted by Crippen LogP contribution is 2.43. The molecule has 0 aliphatic carbocycles. The lowest BCUT2D eigenvalue weighted by Gasteiger charge is -2.20. The van der Waals surface area contributed by atoms with Gasteiger partial charge in [0.15, 0.2) is 0 Å². The van der Waals surface area contributed by atoms with E-state index < -0.39 is 0 Å². The summed E-state index contributed by atoms with van der Waals surface area (Å²) in [7, 11) is 0. The third kappa shape index (κ3) is 4.92. The molecule has 56 heavy (non-hydrogen) atoms. The fourth-order valence-electron chi connectivity index (χ4n) is 8.86. The summed E-state index contributed by atoms with van der Waals surface area (Å²) in [6, 6.07) is 47.7. The number of thiophene rings is 1. The molecule has 0 aliphatic rings. The Hall–Kier alpha value is -6.50. The number of hydrogen-bond donors (Lipinski definition) is 0. The zero-order valence-corrected chi connectivity index (χ0v) is 32.4. The minimum absolute atomic E-state index is 0.367. The van der Waals surface area contributed by atoms with Crippen molar-refractivity contribution in [2.24, 2.45) is 0 Å². The molecule has 0 aliphatic heterocycles. The number of fused-ring (bicyclic) bond motifs is 12. The minimum Gasteiger partial charge on any atom is -0.457 e. The van der Waals surface area contributed by atoms with Crippen LogP contribution in [0.2, 0.25) is 0 Å². The lowest BCUT2D eigenvalue weighted by atomic mass is 9.87. The van der Waals surface area contributed by atoms with Gasteiger partial charge in [0.25, 0.3) is 0 Å². The molecular formula is C50H38N4OS. The summed E-state index contributed by atoms with van der Waals surface area (Å²) in [5, 5.41) is 8.32. The number of imidazole rings is 1. The molecule has 270 valence electrons. The van der Waals surface area contributed by atoms with Gasteiger partial charge in [-0.05, 0) is 95.1 Å². The zero-order chi connectivity index (χ0) is 37.7. The largest absolute Gasteiger partial charge is 0.457 e. The Balaban J connectivity index is 1.09. The molecule has 0 unspecified atom stereocenters. The Morgan fingerprint density at radius 2 is 1.21 bits per heavy atom. The van der Waals surface area contributed by atoms with Crippen LogP contribution in [0.4, 0.5) is 0 Å². The molecule has 0 saturated carbocycles. The van der Waals surface area contributed by atoms with Gasteiger partial charge in [0.2, 0.25) is 0 Å². The molecule has 0 spiro atoms. The van der Waals surface area contributed by atoms with E-state index in [1.807, 2.05) is 29.7 Å². The average Bonchev–Trinajstić information content (AvgIpc) is 3.92. The Kier molecular flexibility index (Phi) is 7.35. The van der Waals surface area contributed by atoms with Crippen molar-refractivity contribution in [3.8, 4) is 28.6 Å². The fraction of sp³-hybridized carbons (Fsp3) is 0.120. The van der Waals surface area contributed by atoms with Crippen molar-refractivity contribution >= 4 is 80.6 Å². The molecule has 5 aromatic heterocycles. The number of benzene rings is 6. The average molecular weight is 743 g/mol. The molecule has 0 fully saturated rings. The second-order valence-corrected chi connectivity index (χ2v) is 16.5. The van der Waals surface area contributed by atoms with Crippen molar-refractivity contribution in [1.29, 1.82) is 0 Å². The number of rotatable bonds is 6. The van der Waals surface area contributed by atoms with Gasteiger partial charge in [0.1, 0.15) is 23.0 Å². The predicted molar refractivity (Wildman–Crippen MR) is 235 cm³/mol. The SMILES string of the molecule is CC(C)c1cccc(C(C)C)c1-c1cnc2c3cc(Oc4ccc5c6cc7c(cc6n(-c6ccccn6)c5c4)sc4ccccc47)ccc3c3ccccc3n12. The second kappa shape index (κ2) is 12.5. The topological polar surface area (TPSA) is 44.3 Å². The third-order valence-corrected chi connectivity index (χ3v) is 12.5. The first-order valence-corrected chi connectivity index (χ1v) is 20.2. The number of ether oxygens (including phenoxy) is 1. The summed E-state index contributed by atoms with van der Waals surface area (Å²) >= 11 is 1.84. The molecule has 0 saturated heterocycles. The van der Waals surface area contributed by atoms with Crippen LogP contribution in [0, 0.1) is 0 Å². The van der Waals surface area contributed by atoms with Gasteiger partial charge in [0.05, 0.1) is 28.4 Å². The van der Waals surface area contributed by atoms with Gasteiger partial charge in [-0.3, -0.25) is 8.97 Å². The van der Waals surface area contributed by atoms with Crippen LogP contribution in [0.3, 0.4) is 0 Å². The predicted octanol–water partition coefficient (Wildman–Crippen LogP) is 14.2. The van der Waals surface area contributed by atoms with Gasteiger partial charge >= 0.3 is 0 Å². The first-order valence-electron chi connectivity index (χ1n) is 19.4. The standard InChI is InChI=1S/C50H38N4OS/c1-29(2)33-14-11-15-34(30(3)4)49(33)45-28-52-50-41-24-31(19-21-35(41)36-12-5-7-16-42(36)54(45)50)55-32-20-22-37-39-26-40-38-13-6-8-17-46(38)56-47(40)27-44(39)53(43(37)25-32)48-18-9-10-23-51-48/h5-30H,1-4H3. The summed E-state index contributed by atoms with van der Waals surface area (Å²) in [6.07, 6.45) is 3.93. The van der Waals surface area contributed by atoms with Crippen LogP contribution in [0.1, 0.15) is 50.7 Å². The highest BCUT2D eigenvalue weighted by atomic mass is 32.1. The van der Waals surface area contributed by atoms with Crippen molar-refractivity contribution in [2.75, 3.05) is 0 Å². The van der Waals surface area contributed by atoms with Crippen LogP contribution in [-0.4, -0.2) is 18.9 Å². The van der Waals surface area contributed by atoms with Gasteiger partial charge < -0.3 is 4.74 Å². The molecule has 6 heteroatoms. The van der Waals surface area contributed by atoms with Gasteiger partial charge in [-0.1, -0.05) is 88.4 Å². The highest BCUT2D eigenvalue weighted by Gasteiger charge is 2.22. The summed E-state index contributed by atoms with van der Waals surface area (Å²) in [5.41, 5.74) is 9.33. The molecule has 5 nitrogen and oxygen atoms in total. The van der Waals surface area contributed by atoms with Crippen molar-refractivity contribution in [3.63, 3.8) is 0 Å². The Bertz CT molecular complexity index is 3320. The van der Waals surface area contributed by atoms with Crippen LogP contribution in [0.15, 0.2) is 146 Å². The lowest BCUT2D eigenvalue weighted by molar-refractivity contribution is 0.484. The maximum absolute atomic E-state index is 6.79. The van der Waals surface area contributed by atoms with E-state index in [-0.39, 0.29) is 0 Å². The lowest BCUT2D eigenvalue weighted by Crippen LogP contribution is -2.02. The summed E-state index contributed by atoms with van der Waals surface area (Å²) < 4.78 is 14.0. The van der Waals surface area contributed by atoms with E-state index in [4.69, 9.17) is 14.7 Å². The zero-order valence-electron chi connectivity index (χ0n) is 31.6. The van der Waals surface area contributed by atoms with Crippen LogP contribution in [0.25, 0.3) is 86.4 Å². The van der Waals surface area contributed by atoms with Gasteiger partial charge in [0, 0.05) is 59.5 Å². The maximum atomic E-state index is 6.79. The molecule has 0 radical (unpaired) electrons. The first-order chi connectivity index (χ1) is 27.4. The Morgan fingerprint density at radius 1 is 0.518 bits per heavy atom. The van der Waals surface area contributed by atoms with Crippen molar-refractivity contribution in [3.05, 3.63) is 157 Å². The van der Waals surface area contributed by atoms with Crippen LogP contribution in [0.5, 0.6) is 11.5 Å². The number of nitrogens with zero attached hydrogens (tertiary/aromatic N) is 4. The Labute approximate surface area is 328 Å². The van der Waals surface area contributed by atoms with Crippen molar-refractivity contribution in [2.45, 2.75) is 39.5 Å². The van der Waals surface area contributed by atoms with E-state index in [1.165, 1.54) is 47.6 Å². The van der Waals surface area contributed by atoms with E-state index in [0.29, 0.717) is 11.8 Å². The Morgan fingerprint density at radius 3 is 2.00 bits per heavy atom. The van der Waals surface area contributed by atoms with Gasteiger partial charge in [-0.15, -0.1) is 11.3 Å². The normalized spacial score (nSPS) is 12.2. The van der Waals surface area contributed by atoms with E-state index in [0.717, 1.165) is 61.4 Å². The molecule has 0 bridgehead atoms. The van der Waals surface area contributed by atoms with Gasteiger partial charge in [-0.25, -0.2) is 9.97 Å². The van der Waals surface area contributed by atoms with Crippen molar-refractivity contribution in [1.82, 2.24) is 18.9 Å². The summed E-state index contributed by atoms with van der Waals surface area (Å²) in [4.78, 5) is 9.98. The summed E-state index contributed by atoms with van der Waals surface area (Å²) in [6.45, 7) is 9.11. The minimum atomic E-state index is 0.367. The quantitative estimate of drug-likeness (QED) is 0.159. The number of pyridine rings is 2. The molecule has 6 aromatic carbocycles. The highest BCUT2D eigenvalue weighted by molar-refractivity contribution is 7.25. The molecule has 5 heterocycles. The smallest absolute Gasteiger partial charge is 0.145 e. The summed E-state index contributed by atoms with van der Waals surface area (Å²) in [5.74, 6) is 3.13. The van der Waals surface area contributed by atoms with Gasteiger partial charge in [-0.2, -0.15) is 0 Å². The first kappa shape index (κ1) is 32.9. The number of aromatic nitrogens is 4. The molecule has 0 atom stereocenters. The molecule has 11 aromatic rings. The molecular weight excluding hydrogens is 705 g/mol. The third-order valence-electron chi connectivity index (χ3n) is 11.4. The van der Waals surface area contributed by atoms with Crippen LogP contribution >= 0.6 is 11.3 Å². The van der Waals surface area contributed by atoms with Crippen molar-refractivity contribution < 1.29 is 4.74 Å². The molecule has 0 N–H and O–H groups in total. The van der Waals surface area contributed by atoms with E-state index >= 15 is 0 Å². The second-order valence-electron chi connectivity index (χ2n) is 15.4. The van der Waals surface area contributed by atoms with Crippen LogP contribution < -0.4 is 4.74 Å². The monoisotopic (exact) mass is 742 g/mol.